The zero-order valence-electron chi connectivity index (χ0n) is 11.8. The molecule has 0 radical (unpaired) electrons. The summed E-state index contributed by atoms with van der Waals surface area (Å²) in [4.78, 5) is 0. The van der Waals surface area contributed by atoms with Crippen LogP contribution in [0.2, 0.25) is 0 Å². The van der Waals surface area contributed by atoms with Gasteiger partial charge < -0.3 is 15.2 Å². The number of benzene rings is 1. The maximum atomic E-state index is 9.12. The Morgan fingerprint density at radius 1 is 1.37 bits per heavy atom. The van der Waals surface area contributed by atoms with E-state index >= 15 is 0 Å². The summed E-state index contributed by atoms with van der Waals surface area (Å²) in [5.74, 6) is 1.50. The largest absolute Gasteiger partial charge is 0.392 e. The first kappa shape index (κ1) is 14.4. The van der Waals surface area contributed by atoms with Crippen molar-refractivity contribution < 1.29 is 9.84 Å². The van der Waals surface area contributed by atoms with Gasteiger partial charge in [-0.2, -0.15) is 0 Å². The van der Waals surface area contributed by atoms with Gasteiger partial charge in [0, 0.05) is 25.4 Å². The minimum atomic E-state index is 0.104. The fourth-order valence-corrected chi connectivity index (χ4v) is 2.71. The molecule has 2 N–H and O–H groups in total. The predicted octanol–water partition coefficient (Wildman–Crippen LogP) is 3.04. The third kappa shape index (κ3) is 4.84. The molecule has 106 valence electrons. The van der Waals surface area contributed by atoms with Crippen LogP contribution < -0.4 is 5.32 Å². The summed E-state index contributed by atoms with van der Waals surface area (Å²) in [6.07, 6.45) is 3.70. The number of hydrogen-bond acceptors (Lipinski definition) is 3. The second-order valence-electron chi connectivity index (χ2n) is 5.64. The Morgan fingerprint density at radius 2 is 2.16 bits per heavy atom. The Hall–Kier alpha value is -1.06. The summed E-state index contributed by atoms with van der Waals surface area (Å²) in [6, 6.07) is 8.00. The van der Waals surface area contributed by atoms with Gasteiger partial charge in [-0.05, 0) is 48.8 Å². The Balaban J connectivity index is 1.74. The molecule has 1 aromatic rings. The monoisotopic (exact) mass is 263 g/mol. The topological polar surface area (TPSA) is 41.5 Å². The fraction of sp³-hybridized carbons (Fsp3) is 0.625. The van der Waals surface area contributed by atoms with Crippen molar-refractivity contribution in [2.75, 3.05) is 25.1 Å². The van der Waals surface area contributed by atoms with Crippen molar-refractivity contribution in [3.05, 3.63) is 29.8 Å². The molecule has 0 aromatic heterocycles. The lowest BCUT2D eigenvalue weighted by Crippen LogP contribution is -2.21. The van der Waals surface area contributed by atoms with Crippen molar-refractivity contribution in [3.8, 4) is 0 Å². The highest BCUT2D eigenvalue weighted by molar-refractivity contribution is 5.45. The molecule has 1 aliphatic rings. The normalized spacial score (nSPS) is 18.2. The lowest BCUT2D eigenvalue weighted by atomic mass is 9.90. The van der Waals surface area contributed by atoms with Gasteiger partial charge in [0.1, 0.15) is 0 Å². The lowest BCUT2D eigenvalue weighted by molar-refractivity contribution is 0.0599. The average Bonchev–Trinajstić information content (AvgIpc) is 2.46. The molecule has 19 heavy (non-hydrogen) atoms. The average molecular weight is 263 g/mol. The van der Waals surface area contributed by atoms with E-state index in [0.29, 0.717) is 5.92 Å². The third-order valence-corrected chi connectivity index (χ3v) is 3.84. The first-order valence-corrected chi connectivity index (χ1v) is 7.29. The van der Waals surface area contributed by atoms with E-state index in [1.165, 1.54) is 19.3 Å². The van der Waals surface area contributed by atoms with Crippen LogP contribution in [-0.2, 0) is 11.3 Å². The maximum Gasteiger partial charge on any atom is 0.0682 e. The van der Waals surface area contributed by atoms with E-state index in [0.717, 1.165) is 36.9 Å². The summed E-state index contributed by atoms with van der Waals surface area (Å²) in [7, 11) is 0. The molecule has 1 unspecified atom stereocenters. The molecule has 1 atom stereocenters. The molecule has 0 saturated carbocycles. The zero-order valence-corrected chi connectivity index (χ0v) is 11.8. The van der Waals surface area contributed by atoms with Gasteiger partial charge in [-0.3, -0.25) is 0 Å². The number of rotatable bonds is 6. The molecule has 0 amide bonds. The van der Waals surface area contributed by atoms with Gasteiger partial charge >= 0.3 is 0 Å². The highest BCUT2D eigenvalue weighted by atomic mass is 16.5. The van der Waals surface area contributed by atoms with Crippen molar-refractivity contribution in [2.24, 2.45) is 11.8 Å². The van der Waals surface area contributed by atoms with E-state index in [-0.39, 0.29) is 6.61 Å². The number of anilines is 1. The minimum absolute atomic E-state index is 0.104. The molecule has 1 aromatic carbocycles. The summed E-state index contributed by atoms with van der Waals surface area (Å²) in [6.45, 7) is 5.27. The molecule has 1 saturated heterocycles. The van der Waals surface area contributed by atoms with Crippen molar-refractivity contribution in [1.29, 1.82) is 0 Å². The van der Waals surface area contributed by atoms with Crippen LogP contribution in [0.5, 0.6) is 0 Å². The van der Waals surface area contributed by atoms with Gasteiger partial charge in [-0.1, -0.05) is 19.1 Å². The number of nitrogens with one attached hydrogen (secondary N) is 1. The van der Waals surface area contributed by atoms with Gasteiger partial charge in [-0.15, -0.1) is 0 Å². The molecule has 3 heteroatoms. The lowest BCUT2D eigenvalue weighted by Gasteiger charge is -2.25. The number of aliphatic hydroxyl groups excluding tert-OH is 1. The Labute approximate surface area is 116 Å². The van der Waals surface area contributed by atoms with Crippen LogP contribution in [0.25, 0.3) is 0 Å². The second kappa shape index (κ2) is 7.51. The molecule has 0 bridgehead atoms. The van der Waals surface area contributed by atoms with Crippen molar-refractivity contribution in [2.45, 2.75) is 32.8 Å². The van der Waals surface area contributed by atoms with E-state index < -0.39 is 0 Å². The molecule has 0 aliphatic carbocycles. The van der Waals surface area contributed by atoms with Crippen LogP contribution in [0.3, 0.4) is 0 Å². The molecular formula is C16H25NO2. The zero-order chi connectivity index (χ0) is 13.5. The van der Waals surface area contributed by atoms with E-state index in [9.17, 15) is 0 Å². The molecular weight excluding hydrogens is 238 g/mol. The number of hydrogen-bond donors (Lipinski definition) is 2. The summed E-state index contributed by atoms with van der Waals surface area (Å²) in [5, 5.41) is 12.6. The van der Waals surface area contributed by atoms with Crippen LogP contribution in [-0.4, -0.2) is 24.9 Å². The fourth-order valence-electron chi connectivity index (χ4n) is 2.71. The van der Waals surface area contributed by atoms with Crippen LogP contribution in [0.1, 0.15) is 31.7 Å². The SMILES string of the molecule is CC(CNc1cccc(CO)c1)CC1CCOCC1. The van der Waals surface area contributed by atoms with Crippen molar-refractivity contribution >= 4 is 5.69 Å². The highest BCUT2D eigenvalue weighted by Gasteiger charge is 2.16. The van der Waals surface area contributed by atoms with Crippen LogP contribution in [0, 0.1) is 11.8 Å². The second-order valence-corrected chi connectivity index (χ2v) is 5.64. The first-order chi connectivity index (χ1) is 9.28. The smallest absolute Gasteiger partial charge is 0.0682 e. The third-order valence-electron chi connectivity index (χ3n) is 3.84. The number of ether oxygens (including phenoxy) is 1. The van der Waals surface area contributed by atoms with Crippen molar-refractivity contribution in [3.63, 3.8) is 0 Å². The van der Waals surface area contributed by atoms with Crippen LogP contribution >= 0.6 is 0 Å². The molecule has 1 fully saturated rings. The molecule has 0 spiro atoms. The number of aliphatic hydroxyl groups is 1. The Morgan fingerprint density at radius 3 is 2.89 bits per heavy atom. The van der Waals surface area contributed by atoms with Crippen LogP contribution in [0.15, 0.2) is 24.3 Å². The standard InChI is InChI=1S/C16H25NO2/c1-13(9-14-5-7-19-8-6-14)11-17-16-4-2-3-15(10-16)12-18/h2-4,10,13-14,17-18H,5-9,11-12H2,1H3. The van der Waals surface area contributed by atoms with Gasteiger partial charge in [-0.25, -0.2) is 0 Å². The van der Waals surface area contributed by atoms with Gasteiger partial charge in [0.2, 0.25) is 0 Å². The van der Waals surface area contributed by atoms with Gasteiger partial charge in [0.25, 0.3) is 0 Å². The highest BCUT2D eigenvalue weighted by Crippen LogP contribution is 2.23. The Bertz CT molecular complexity index is 375. The van der Waals surface area contributed by atoms with E-state index in [2.05, 4.69) is 18.3 Å². The predicted molar refractivity (Wildman–Crippen MR) is 78.2 cm³/mol. The van der Waals surface area contributed by atoms with Crippen LogP contribution in [0.4, 0.5) is 5.69 Å². The molecule has 3 nitrogen and oxygen atoms in total. The summed E-state index contributed by atoms with van der Waals surface area (Å²) >= 11 is 0. The maximum absolute atomic E-state index is 9.12. The quantitative estimate of drug-likeness (QED) is 0.829. The van der Waals surface area contributed by atoms with E-state index in [4.69, 9.17) is 9.84 Å². The Kier molecular flexibility index (Phi) is 5.67. The van der Waals surface area contributed by atoms with E-state index in [1.807, 2.05) is 18.2 Å². The summed E-state index contributed by atoms with van der Waals surface area (Å²) < 4.78 is 5.40. The molecule has 1 aliphatic heterocycles. The molecule has 2 rings (SSSR count). The van der Waals surface area contributed by atoms with Gasteiger partial charge in [0.05, 0.1) is 6.61 Å². The molecule has 1 heterocycles. The van der Waals surface area contributed by atoms with Gasteiger partial charge in [0.15, 0.2) is 0 Å². The summed E-state index contributed by atoms with van der Waals surface area (Å²) in [5.41, 5.74) is 2.06. The minimum Gasteiger partial charge on any atom is -0.392 e. The van der Waals surface area contributed by atoms with E-state index in [1.54, 1.807) is 0 Å². The first-order valence-electron chi connectivity index (χ1n) is 7.29. The van der Waals surface area contributed by atoms with Crippen molar-refractivity contribution in [1.82, 2.24) is 0 Å².